The molecule has 0 bridgehead atoms. The Bertz CT molecular complexity index is 687. The zero-order valence-corrected chi connectivity index (χ0v) is 29.5. The molecule has 0 aliphatic heterocycles. The average molecular weight is 562 g/mol. The van der Waals surface area contributed by atoms with E-state index in [1.54, 1.807) is 14.2 Å². The molecule has 222 valence electrons. The van der Waals surface area contributed by atoms with Gasteiger partial charge in [0.15, 0.2) is 16.6 Å². The van der Waals surface area contributed by atoms with Crippen molar-refractivity contribution < 1.29 is 23.1 Å². The second-order valence-electron chi connectivity index (χ2n) is 14.5. The lowest BCUT2D eigenvalue weighted by Crippen LogP contribution is -2.50. The van der Waals surface area contributed by atoms with Gasteiger partial charge in [-0.1, -0.05) is 69.2 Å². The van der Waals surface area contributed by atoms with Crippen LogP contribution in [0.25, 0.3) is 0 Å². The first-order valence-electron chi connectivity index (χ1n) is 14.2. The van der Waals surface area contributed by atoms with Crippen LogP contribution < -0.4 is 5.32 Å². The van der Waals surface area contributed by atoms with Gasteiger partial charge in [0.2, 0.25) is 0 Å². The highest BCUT2D eigenvalue weighted by molar-refractivity contribution is 6.74. The van der Waals surface area contributed by atoms with Crippen LogP contribution in [0, 0.1) is 23.7 Å². The second-order valence-corrected chi connectivity index (χ2v) is 24.0. The summed E-state index contributed by atoms with van der Waals surface area (Å²) in [6.45, 7) is 34.5. The van der Waals surface area contributed by atoms with E-state index in [0.29, 0.717) is 12.5 Å². The molecule has 0 aliphatic carbocycles. The Balaban J connectivity index is 6.08. The summed E-state index contributed by atoms with van der Waals surface area (Å²) >= 11 is 0. The molecule has 0 aliphatic rings. The molecule has 0 aromatic carbocycles. The van der Waals surface area contributed by atoms with Crippen LogP contribution in [0.3, 0.4) is 0 Å². The number of nitrogens with one attached hydrogen (secondary N) is 1. The van der Waals surface area contributed by atoms with Gasteiger partial charge >= 0.3 is 6.09 Å². The van der Waals surface area contributed by atoms with E-state index in [0.717, 1.165) is 6.42 Å². The summed E-state index contributed by atoms with van der Waals surface area (Å²) in [5.41, 5.74) is 0. The normalized spacial score (nSPS) is 19.4. The summed E-state index contributed by atoms with van der Waals surface area (Å²) in [5.74, 6) is 0.913. The fraction of sp³-hybridized carbons (Fsp3) is 0.966. The van der Waals surface area contributed by atoms with Crippen LogP contribution in [-0.4, -0.2) is 61.8 Å². The molecule has 0 fully saturated rings. The zero-order valence-electron chi connectivity index (χ0n) is 27.5. The summed E-state index contributed by atoms with van der Waals surface area (Å²) in [7, 11) is -0.659. The third-order valence-corrected chi connectivity index (χ3v) is 18.2. The minimum atomic E-state index is -2.05. The van der Waals surface area contributed by atoms with Gasteiger partial charge in [-0.05, 0) is 61.4 Å². The fourth-order valence-corrected chi connectivity index (χ4v) is 7.26. The van der Waals surface area contributed by atoms with Crippen LogP contribution in [0.5, 0.6) is 0 Å². The van der Waals surface area contributed by atoms with E-state index < -0.39 is 22.7 Å². The van der Waals surface area contributed by atoms with Crippen LogP contribution in [0.15, 0.2) is 0 Å². The number of carbonyl (C=O) groups excluding carboxylic acids is 1. The van der Waals surface area contributed by atoms with Crippen molar-refractivity contribution in [3.63, 3.8) is 0 Å². The number of alkyl carbamates (subject to hydrolysis) is 1. The van der Waals surface area contributed by atoms with E-state index in [4.69, 9.17) is 18.3 Å². The SMILES string of the molecule is CNC(=O)OCC(C)C(O[Si](C)(C)C(C)(C)C)C(C)CC(C)C(O[Si](C)(C)C(C)(C)C)C(C)C(C)OC. The largest absolute Gasteiger partial charge is 0.449 e. The van der Waals surface area contributed by atoms with Gasteiger partial charge in [0.25, 0.3) is 0 Å². The number of carbonyl (C=O) groups is 1. The number of amides is 1. The van der Waals surface area contributed by atoms with Gasteiger partial charge < -0.3 is 23.6 Å². The molecule has 0 rings (SSSR count). The molecular weight excluding hydrogens is 498 g/mol. The number of methoxy groups -OCH3 is 1. The molecule has 0 radical (unpaired) electrons. The maximum Gasteiger partial charge on any atom is 0.406 e. The smallest absolute Gasteiger partial charge is 0.406 e. The number of rotatable bonds is 14. The molecule has 7 unspecified atom stereocenters. The standard InChI is InChI=1S/C29H63NO5Si2/c1-20(25(22(3)19-33-27(31)30-12)34-36(14,15)28(6,7)8)18-21(2)26(23(4)24(5)32-13)35-37(16,17)29(9,10)11/h20-26H,18-19H2,1-17H3,(H,30,31). The van der Waals surface area contributed by atoms with Crippen molar-refractivity contribution in [3.05, 3.63) is 0 Å². The van der Waals surface area contributed by atoms with Gasteiger partial charge in [-0.25, -0.2) is 4.79 Å². The van der Waals surface area contributed by atoms with Gasteiger partial charge in [-0.2, -0.15) is 0 Å². The third-order valence-electron chi connectivity index (χ3n) is 9.21. The lowest BCUT2D eigenvalue weighted by atomic mass is 9.81. The van der Waals surface area contributed by atoms with Crippen LogP contribution in [0.2, 0.25) is 36.3 Å². The molecule has 1 amide bonds. The lowest BCUT2D eigenvalue weighted by Gasteiger charge is -2.46. The number of hydrogen-bond donors (Lipinski definition) is 1. The molecule has 6 nitrogen and oxygen atoms in total. The van der Waals surface area contributed by atoms with Crippen molar-refractivity contribution in [1.29, 1.82) is 0 Å². The van der Waals surface area contributed by atoms with E-state index >= 15 is 0 Å². The van der Waals surface area contributed by atoms with Crippen molar-refractivity contribution in [2.24, 2.45) is 23.7 Å². The lowest BCUT2D eigenvalue weighted by molar-refractivity contribution is -0.0254. The highest BCUT2D eigenvalue weighted by atomic mass is 28.4. The highest BCUT2D eigenvalue weighted by Gasteiger charge is 2.44. The Morgan fingerprint density at radius 1 is 0.757 bits per heavy atom. The molecule has 0 spiro atoms. The van der Waals surface area contributed by atoms with E-state index in [1.807, 2.05) is 0 Å². The molecule has 7 atom stereocenters. The second kappa shape index (κ2) is 14.3. The molecule has 0 saturated heterocycles. The Kier molecular flexibility index (Phi) is 14.1. The summed E-state index contributed by atoms with van der Waals surface area (Å²) in [5, 5.41) is 2.78. The Labute approximate surface area is 232 Å². The van der Waals surface area contributed by atoms with Gasteiger partial charge in [-0.3, -0.25) is 0 Å². The van der Waals surface area contributed by atoms with Gasteiger partial charge in [0.05, 0.1) is 24.9 Å². The van der Waals surface area contributed by atoms with E-state index in [1.165, 1.54) is 0 Å². The first kappa shape index (κ1) is 36.6. The summed E-state index contributed by atoms with van der Waals surface area (Å²) in [6, 6.07) is 0. The summed E-state index contributed by atoms with van der Waals surface area (Å²) in [4.78, 5) is 11.8. The highest BCUT2D eigenvalue weighted by Crippen LogP contribution is 2.42. The van der Waals surface area contributed by atoms with E-state index in [9.17, 15) is 4.79 Å². The van der Waals surface area contributed by atoms with Crippen molar-refractivity contribution in [3.8, 4) is 0 Å². The quantitative estimate of drug-likeness (QED) is 0.217. The Hall–Kier alpha value is -0.416. The molecule has 0 aromatic rings. The average Bonchev–Trinajstić information content (AvgIpc) is 2.76. The van der Waals surface area contributed by atoms with Crippen LogP contribution in [0.1, 0.15) is 82.6 Å². The van der Waals surface area contributed by atoms with E-state index in [2.05, 4.69) is 108 Å². The van der Waals surface area contributed by atoms with Crippen molar-refractivity contribution in [2.45, 2.75) is 137 Å². The minimum Gasteiger partial charge on any atom is -0.449 e. The molecule has 0 saturated carbocycles. The Morgan fingerprint density at radius 3 is 1.54 bits per heavy atom. The monoisotopic (exact) mass is 561 g/mol. The fourth-order valence-electron chi connectivity index (χ4n) is 4.28. The van der Waals surface area contributed by atoms with Crippen molar-refractivity contribution in [2.75, 3.05) is 20.8 Å². The molecule has 8 heteroatoms. The van der Waals surface area contributed by atoms with Crippen molar-refractivity contribution >= 4 is 22.7 Å². The van der Waals surface area contributed by atoms with Crippen LogP contribution in [0.4, 0.5) is 4.79 Å². The van der Waals surface area contributed by atoms with Gasteiger partial charge in [0.1, 0.15) is 0 Å². The predicted octanol–water partition coefficient (Wildman–Crippen LogP) is 8.09. The first-order valence-corrected chi connectivity index (χ1v) is 20.1. The number of ether oxygens (including phenoxy) is 2. The Morgan fingerprint density at radius 2 is 1.16 bits per heavy atom. The number of hydrogen-bond acceptors (Lipinski definition) is 5. The first-order chi connectivity index (χ1) is 16.5. The summed E-state index contributed by atoms with van der Waals surface area (Å²) in [6.07, 6.45) is 0.737. The molecule has 1 N–H and O–H groups in total. The topological polar surface area (TPSA) is 66.0 Å². The molecule has 0 heterocycles. The molecular formula is C29H63NO5Si2. The zero-order chi connectivity index (χ0) is 29.6. The maximum absolute atomic E-state index is 11.8. The summed E-state index contributed by atoms with van der Waals surface area (Å²) < 4.78 is 25.4. The van der Waals surface area contributed by atoms with Crippen LogP contribution >= 0.6 is 0 Å². The molecule has 37 heavy (non-hydrogen) atoms. The van der Waals surface area contributed by atoms with Crippen molar-refractivity contribution in [1.82, 2.24) is 5.32 Å². The predicted molar refractivity (Wildman–Crippen MR) is 162 cm³/mol. The van der Waals surface area contributed by atoms with Gasteiger partial charge in [-0.15, -0.1) is 0 Å². The van der Waals surface area contributed by atoms with Gasteiger partial charge in [0, 0.05) is 26.0 Å². The third kappa shape index (κ3) is 10.9. The van der Waals surface area contributed by atoms with Crippen LogP contribution in [-0.2, 0) is 18.3 Å². The minimum absolute atomic E-state index is 0.0170. The van der Waals surface area contributed by atoms with E-state index in [-0.39, 0.29) is 46.1 Å². The molecule has 0 aromatic heterocycles. The maximum atomic E-state index is 11.8.